The fourth-order valence-electron chi connectivity index (χ4n) is 5.89. The second-order valence-electron chi connectivity index (χ2n) is 10.4. The van der Waals surface area contributed by atoms with E-state index in [4.69, 9.17) is 21.1 Å². The Morgan fingerprint density at radius 1 is 0.905 bits per heavy atom. The van der Waals surface area contributed by atoms with Crippen molar-refractivity contribution in [2.45, 2.75) is 18.9 Å². The zero-order valence-corrected chi connectivity index (χ0v) is 24.6. The second-order valence-corrected chi connectivity index (χ2v) is 11.8. The number of nitrogens with zero attached hydrogens (tertiary/aromatic N) is 2. The fraction of sp³-hybridized carbons (Fsp3) is 0.258. The van der Waals surface area contributed by atoms with Crippen LogP contribution in [0.3, 0.4) is 0 Å². The highest BCUT2D eigenvalue weighted by atomic mass is 35.5. The second kappa shape index (κ2) is 11.5. The van der Waals surface area contributed by atoms with Crippen molar-refractivity contribution < 1.29 is 19.1 Å². The van der Waals surface area contributed by atoms with Crippen LogP contribution in [0, 0.1) is 5.92 Å². The number of aromatic nitrogens is 1. The van der Waals surface area contributed by atoms with E-state index in [0.29, 0.717) is 51.4 Å². The highest BCUT2D eigenvalue weighted by molar-refractivity contribution is 7.12. The summed E-state index contributed by atoms with van der Waals surface area (Å²) in [6, 6.07) is 17.5. The normalized spacial score (nSPS) is 17.3. The molecule has 2 aliphatic rings. The number of fused-ring (bicyclic) bond motifs is 4. The predicted molar refractivity (Wildman–Crippen MR) is 165 cm³/mol. The summed E-state index contributed by atoms with van der Waals surface area (Å²) in [7, 11) is 2.99. The molecule has 9 nitrogen and oxygen atoms in total. The molecule has 0 radical (unpaired) electrons. The molecular weight excluding hydrogens is 576 g/mol. The predicted octanol–water partition coefficient (Wildman–Crippen LogP) is 5.71. The molecule has 42 heavy (non-hydrogen) atoms. The number of piperidine rings is 1. The lowest BCUT2D eigenvalue weighted by Crippen LogP contribution is -2.47. The number of benzene rings is 2. The molecule has 2 aromatic heterocycles. The Hall–Kier alpha value is -4.28. The molecule has 2 atom stereocenters. The van der Waals surface area contributed by atoms with Gasteiger partial charge >= 0.3 is 0 Å². The highest BCUT2D eigenvalue weighted by Crippen LogP contribution is 2.40. The minimum Gasteiger partial charge on any atom is -0.495 e. The van der Waals surface area contributed by atoms with E-state index in [-0.39, 0.29) is 23.3 Å². The van der Waals surface area contributed by atoms with Crippen LogP contribution in [0.5, 0.6) is 11.5 Å². The molecule has 0 spiro atoms. The average Bonchev–Trinajstić information content (AvgIpc) is 3.53. The number of nitrogens with one attached hydrogen (secondary N) is 2. The summed E-state index contributed by atoms with van der Waals surface area (Å²) in [5.41, 5.74) is 3.16. The number of pyridine rings is 1. The van der Waals surface area contributed by atoms with Crippen molar-refractivity contribution in [1.82, 2.24) is 4.57 Å². The zero-order chi connectivity index (χ0) is 29.4. The molecule has 2 aliphatic heterocycles. The van der Waals surface area contributed by atoms with Crippen LogP contribution in [0.4, 0.5) is 17.1 Å². The van der Waals surface area contributed by atoms with Gasteiger partial charge in [-0.25, -0.2) is 0 Å². The Morgan fingerprint density at radius 2 is 1.71 bits per heavy atom. The van der Waals surface area contributed by atoms with E-state index in [9.17, 15) is 14.4 Å². The Bertz CT molecular complexity index is 1720. The first-order valence-corrected chi connectivity index (χ1v) is 14.8. The van der Waals surface area contributed by atoms with Crippen LogP contribution in [-0.2, 0) is 6.54 Å². The van der Waals surface area contributed by atoms with E-state index in [2.05, 4.69) is 15.5 Å². The lowest BCUT2D eigenvalue weighted by atomic mass is 9.83. The number of carbonyl (C=O) groups is 2. The zero-order valence-electron chi connectivity index (χ0n) is 23.1. The van der Waals surface area contributed by atoms with E-state index in [0.717, 1.165) is 24.3 Å². The summed E-state index contributed by atoms with van der Waals surface area (Å²) in [5.74, 6) is 0.646. The number of ether oxygens (including phenoxy) is 2. The van der Waals surface area contributed by atoms with E-state index >= 15 is 0 Å². The number of halogens is 1. The smallest absolute Gasteiger partial charge is 0.265 e. The van der Waals surface area contributed by atoms with Crippen LogP contribution < -0.4 is 30.6 Å². The van der Waals surface area contributed by atoms with Crippen LogP contribution in [0.1, 0.15) is 38.1 Å². The van der Waals surface area contributed by atoms with Crippen LogP contribution in [0.25, 0.3) is 0 Å². The van der Waals surface area contributed by atoms with Gasteiger partial charge in [-0.3, -0.25) is 14.4 Å². The maximum atomic E-state index is 13.4. The van der Waals surface area contributed by atoms with Crippen molar-refractivity contribution in [3.63, 3.8) is 0 Å². The third-order valence-electron chi connectivity index (χ3n) is 7.79. The quantitative estimate of drug-likeness (QED) is 0.280. The molecule has 0 aliphatic carbocycles. The molecule has 2 amide bonds. The number of hydrogen-bond donors (Lipinski definition) is 2. The molecule has 11 heteroatoms. The van der Waals surface area contributed by atoms with Gasteiger partial charge in [-0.15, -0.1) is 11.3 Å². The van der Waals surface area contributed by atoms with Crippen LogP contribution >= 0.6 is 22.9 Å². The summed E-state index contributed by atoms with van der Waals surface area (Å²) < 4.78 is 12.6. The first kappa shape index (κ1) is 27.9. The molecule has 4 aromatic rings. The van der Waals surface area contributed by atoms with Crippen molar-refractivity contribution >= 4 is 51.8 Å². The van der Waals surface area contributed by atoms with Gasteiger partial charge in [-0.2, -0.15) is 0 Å². The molecular formula is C31H29ClN4O5S. The number of amides is 2. The molecule has 1 fully saturated rings. The van der Waals surface area contributed by atoms with Gasteiger partial charge < -0.3 is 29.6 Å². The van der Waals surface area contributed by atoms with Crippen LogP contribution in [0.2, 0.25) is 5.02 Å². The minimum atomic E-state index is -0.392. The first-order chi connectivity index (χ1) is 20.3. The van der Waals surface area contributed by atoms with Crippen molar-refractivity contribution in [3.05, 3.63) is 97.6 Å². The summed E-state index contributed by atoms with van der Waals surface area (Å²) in [5, 5.41) is 8.08. The molecule has 2 N–H and O–H groups in total. The van der Waals surface area contributed by atoms with Gasteiger partial charge in [0.25, 0.3) is 17.4 Å². The summed E-state index contributed by atoms with van der Waals surface area (Å²) in [4.78, 5) is 41.9. The number of hydrogen-bond acceptors (Lipinski definition) is 7. The van der Waals surface area contributed by atoms with Gasteiger partial charge in [-0.05, 0) is 54.1 Å². The van der Waals surface area contributed by atoms with E-state index in [1.807, 2.05) is 34.2 Å². The molecule has 216 valence electrons. The molecule has 6 rings (SSSR count). The molecule has 4 heterocycles. The van der Waals surface area contributed by atoms with Crippen LogP contribution in [0.15, 0.2) is 70.8 Å². The van der Waals surface area contributed by atoms with Gasteiger partial charge in [0.15, 0.2) is 0 Å². The fourth-order valence-corrected chi connectivity index (χ4v) is 6.75. The van der Waals surface area contributed by atoms with E-state index in [1.54, 1.807) is 36.4 Å². The topological polar surface area (TPSA) is 102 Å². The SMILES string of the molecule is COc1cc(OC)c(NC(=O)c2ccc(N3C[C@H]4C[C@@H](C3)c3cccc(=O)n3C4)c(NC(=O)c3cccs3)c2)cc1Cl. The largest absolute Gasteiger partial charge is 0.495 e. The van der Waals surface area contributed by atoms with Gasteiger partial charge in [0, 0.05) is 48.9 Å². The van der Waals surface area contributed by atoms with Crippen molar-refractivity contribution in [3.8, 4) is 11.5 Å². The highest BCUT2D eigenvalue weighted by Gasteiger charge is 2.35. The summed E-state index contributed by atoms with van der Waals surface area (Å²) in [6.07, 6.45) is 1.00. The maximum absolute atomic E-state index is 13.4. The van der Waals surface area contributed by atoms with Crippen molar-refractivity contribution in [2.24, 2.45) is 5.92 Å². The Labute approximate surface area is 251 Å². The third kappa shape index (κ3) is 5.35. The summed E-state index contributed by atoms with van der Waals surface area (Å²) in [6.45, 7) is 2.08. The van der Waals surface area contributed by atoms with E-state index < -0.39 is 5.91 Å². The van der Waals surface area contributed by atoms with Crippen molar-refractivity contribution in [2.75, 3.05) is 42.8 Å². The minimum absolute atomic E-state index is 0.0321. The molecule has 0 unspecified atom stereocenters. The number of methoxy groups -OCH3 is 2. The monoisotopic (exact) mass is 604 g/mol. The number of anilines is 3. The average molecular weight is 605 g/mol. The van der Waals surface area contributed by atoms with Gasteiger partial charge in [0.1, 0.15) is 11.5 Å². The first-order valence-electron chi connectivity index (χ1n) is 13.5. The van der Waals surface area contributed by atoms with Crippen molar-refractivity contribution in [1.29, 1.82) is 0 Å². The lowest BCUT2D eigenvalue weighted by Gasteiger charge is -2.44. The van der Waals surface area contributed by atoms with Gasteiger partial charge in [0.2, 0.25) is 0 Å². The standard InChI is InChI=1S/C31H29ClN4O5S/c1-40-26-14-27(41-2)23(13-21(26)32)34-30(38)19-8-9-25(22(12-19)33-31(39)28-6-4-10-42-28)35-15-18-11-20(17-35)24-5-3-7-29(37)36(24)16-18/h3-10,12-14,18,20H,11,15-17H2,1-2H3,(H,33,39)(H,34,38)/t18-,20+/m1/s1. The van der Waals surface area contributed by atoms with E-state index in [1.165, 1.54) is 25.6 Å². The Kier molecular flexibility index (Phi) is 7.66. The molecule has 2 bridgehead atoms. The van der Waals surface area contributed by atoms with Gasteiger partial charge in [-0.1, -0.05) is 23.7 Å². The third-order valence-corrected chi connectivity index (χ3v) is 8.96. The number of carbonyl (C=O) groups excluding carboxylic acids is 2. The number of rotatable bonds is 7. The summed E-state index contributed by atoms with van der Waals surface area (Å²) >= 11 is 7.65. The molecule has 1 saturated heterocycles. The molecule has 0 saturated carbocycles. The Morgan fingerprint density at radius 3 is 2.48 bits per heavy atom. The lowest BCUT2D eigenvalue weighted by molar-refractivity contribution is 0.101. The maximum Gasteiger partial charge on any atom is 0.265 e. The van der Waals surface area contributed by atoms with Gasteiger partial charge in [0.05, 0.1) is 41.2 Å². The number of thiophene rings is 1. The Balaban J connectivity index is 1.32. The van der Waals surface area contributed by atoms with Crippen LogP contribution in [-0.4, -0.2) is 43.7 Å². The molecule has 2 aromatic carbocycles.